The van der Waals surface area contributed by atoms with E-state index in [9.17, 15) is 9.18 Å². The first kappa shape index (κ1) is 18.6. The molecule has 0 spiro atoms. The summed E-state index contributed by atoms with van der Waals surface area (Å²) in [6, 6.07) is 5.39. The van der Waals surface area contributed by atoms with Crippen molar-refractivity contribution in [1.29, 1.82) is 0 Å². The fourth-order valence-electron chi connectivity index (χ4n) is 3.90. The average Bonchev–Trinajstić information content (AvgIpc) is 3.33. The third-order valence-corrected chi connectivity index (χ3v) is 6.18. The fraction of sp³-hybridized carbons (Fsp3) is 0.350. The minimum Gasteiger partial charge on any atom is -0.383 e. The van der Waals surface area contributed by atoms with Crippen molar-refractivity contribution in [1.82, 2.24) is 9.97 Å². The summed E-state index contributed by atoms with van der Waals surface area (Å²) in [4.78, 5) is 22.3. The van der Waals surface area contributed by atoms with Gasteiger partial charge in [-0.3, -0.25) is 4.79 Å². The molecule has 5 rings (SSSR count). The van der Waals surface area contributed by atoms with Gasteiger partial charge in [0.05, 0.1) is 15.8 Å². The molecule has 0 unspecified atom stereocenters. The van der Waals surface area contributed by atoms with E-state index in [1.165, 1.54) is 41.9 Å². The number of thiophene rings is 1. The maximum absolute atomic E-state index is 13.3. The molecule has 9 heteroatoms. The Morgan fingerprint density at radius 1 is 1.17 bits per heavy atom. The molecule has 2 N–H and O–H groups in total. The van der Waals surface area contributed by atoms with E-state index in [1.54, 1.807) is 13.8 Å². The monoisotopic (exact) mass is 415 g/mol. The Kier molecular flexibility index (Phi) is 4.18. The van der Waals surface area contributed by atoms with Gasteiger partial charge in [-0.15, -0.1) is 11.3 Å². The molecule has 150 valence electrons. The molecule has 2 aliphatic heterocycles. The van der Waals surface area contributed by atoms with E-state index in [4.69, 9.17) is 19.9 Å². The Balaban J connectivity index is 1.54. The molecular formula is C20H18FN3O4S. The molecular weight excluding hydrogens is 397 g/mol. The summed E-state index contributed by atoms with van der Waals surface area (Å²) in [6.45, 7) is 3.60. The molecule has 4 heterocycles. The topological polar surface area (TPSA) is 96.6 Å². The number of benzene rings is 1. The lowest BCUT2D eigenvalue weighted by Gasteiger charge is -2.23. The Hall–Kier alpha value is -2.46. The van der Waals surface area contributed by atoms with Gasteiger partial charge in [0.1, 0.15) is 36.3 Å². The Bertz CT molecular complexity index is 1100. The highest BCUT2D eigenvalue weighted by atomic mass is 32.1. The van der Waals surface area contributed by atoms with Gasteiger partial charge in [0.25, 0.3) is 0 Å². The van der Waals surface area contributed by atoms with E-state index >= 15 is 0 Å². The van der Waals surface area contributed by atoms with E-state index in [2.05, 4.69) is 9.97 Å². The van der Waals surface area contributed by atoms with Crippen LogP contribution in [-0.2, 0) is 14.2 Å². The van der Waals surface area contributed by atoms with Gasteiger partial charge in [-0.2, -0.15) is 0 Å². The molecule has 0 radical (unpaired) electrons. The number of nitrogen functional groups attached to an aromatic ring is 1. The Morgan fingerprint density at radius 3 is 2.66 bits per heavy atom. The lowest BCUT2D eigenvalue weighted by molar-refractivity contribution is -0.182. The molecule has 0 bridgehead atoms. The number of rotatable bonds is 3. The number of carbonyl (C=O) groups is 1. The SMILES string of the molecule is CC1(C)O[C@@H]2[C@H](O1)[C@@H](C(=O)c1ccc(F)cc1)O[C@H]2c1scc2c(N)ncnc12. The number of anilines is 1. The van der Waals surface area contributed by atoms with Gasteiger partial charge in [0.15, 0.2) is 17.7 Å². The number of nitrogens with two attached hydrogens (primary N) is 1. The first-order chi connectivity index (χ1) is 13.8. The van der Waals surface area contributed by atoms with Gasteiger partial charge >= 0.3 is 0 Å². The molecule has 7 nitrogen and oxygen atoms in total. The molecule has 2 fully saturated rings. The number of fused-ring (bicyclic) bond motifs is 2. The highest BCUT2D eigenvalue weighted by Crippen LogP contribution is 2.48. The summed E-state index contributed by atoms with van der Waals surface area (Å²) in [6.07, 6.45) is -1.11. The highest BCUT2D eigenvalue weighted by Gasteiger charge is 2.58. The van der Waals surface area contributed by atoms with Crippen LogP contribution in [-0.4, -0.2) is 39.9 Å². The van der Waals surface area contributed by atoms with Crippen molar-refractivity contribution in [2.75, 3.05) is 5.73 Å². The van der Waals surface area contributed by atoms with E-state index in [1.807, 2.05) is 5.38 Å². The summed E-state index contributed by atoms with van der Waals surface area (Å²) in [7, 11) is 0. The number of aromatic nitrogens is 2. The molecule has 0 aliphatic carbocycles. The number of Topliss-reactive ketones (excluding diaryl/α,β-unsaturated/α-hetero) is 1. The zero-order valence-electron chi connectivity index (χ0n) is 15.7. The van der Waals surface area contributed by atoms with Crippen LogP contribution in [0.3, 0.4) is 0 Å². The molecule has 2 aromatic heterocycles. The minimum absolute atomic E-state index is 0.279. The number of ketones is 1. The summed E-state index contributed by atoms with van der Waals surface area (Å²) < 4.78 is 31.6. The van der Waals surface area contributed by atoms with Crippen LogP contribution in [0.15, 0.2) is 36.0 Å². The van der Waals surface area contributed by atoms with Crippen molar-refractivity contribution in [3.05, 3.63) is 52.2 Å². The first-order valence-electron chi connectivity index (χ1n) is 9.12. The van der Waals surface area contributed by atoms with Crippen LogP contribution in [0, 0.1) is 5.82 Å². The van der Waals surface area contributed by atoms with Crippen LogP contribution < -0.4 is 5.73 Å². The van der Waals surface area contributed by atoms with E-state index in [0.717, 1.165) is 10.3 Å². The van der Waals surface area contributed by atoms with Crippen LogP contribution >= 0.6 is 11.3 Å². The molecule has 29 heavy (non-hydrogen) atoms. The Morgan fingerprint density at radius 2 is 1.90 bits per heavy atom. The molecule has 3 aromatic rings. The number of carbonyl (C=O) groups excluding carboxylic acids is 1. The predicted octanol–water partition coefficient (Wildman–Crippen LogP) is 3.26. The maximum atomic E-state index is 13.3. The predicted molar refractivity (Wildman–Crippen MR) is 104 cm³/mol. The fourth-order valence-corrected chi connectivity index (χ4v) is 4.98. The standard InChI is InChI=1S/C20H18FN3O4S/c1-20(2)27-15-14(13(25)9-3-5-10(21)6-4-9)26-17(16(15)28-20)18-12-11(7-29-18)19(22)24-8-23-12/h3-8,14-17H,1-2H3,(H2,22,23,24)/t14-,15-,16-,17-/m1/s1. The minimum atomic E-state index is -0.881. The van der Waals surface area contributed by atoms with E-state index in [-0.39, 0.29) is 5.78 Å². The van der Waals surface area contributed by atoms with Crippen molar-refractivity contribution < 1.29 is 23.4 Å². The average molecular weight is 415 g/mol. The Labute approximate surface area is 169 Å². The van der Waals surface area contributed by atoms with Crippen molar-refractivity contribution in [2.45, 2.75) is 44.1 Å². The number of ether oxygens (including phenoxy) is 3. The van der Waals surface area contributed by atoms with Crippen molar-refractivity contribution in [3.8, 4) is 0 Å². The van der Waals surface area contributed by atoms with Gasteiger partial charge in [-0.1, -0.05) is 0 Å². The number of hydrogen-bond donors (Lipinski definition) is 1. The number of nitrogens with zero attached hydrogens (tertiary/aromatic N) is 2. The van der Waals surface area contributed by atoms with Gasteiger partial charge < -0.3 is 19.9 Å². The van der Waals surface area contributed by atoms with Crippen LogP contribution in [0.25, 0.3) is 10.9 Å². The van der Waals surface area contributed by atoms with E-state index < -0.39 is 36.0 Å². The lowest BCUT2D eigenvalue weighted by Crippen LogP contribution is -2.35. The van der Waals surface area contributed by atoms with Crippen LogP contribution in [0.2, 0.25) is 0 Å². The van der Waals surface area contributed by atoms with Crippen molar-refractivity contribution in [2.24, 2.45) is 0 Å². The second-order valence-corrected chi connectivity index (χ2v) is 8.45. The summed E-state index contributed by atoms with van der Waals surface area (Å²) in [5.74, 6) is -1.16. The normalized spacial score (nSPS) is 28.0. The molecule has 2 saturated heterocycles. The van der Waals surface area contributed by atoms with Crippen LogP contribution in [0.5, 0.6) is 0 Å². The van der Waals surface area contributed by atoms with Gasteiger partial charge in [0.2, 0.25) is 0 Å². The van der Waals surface area contributed by atoms with Gasteiger partial charge in [0, 0.05) is 10.9 Å². The lowest BCUT2D eigenvalue weighted by atomic mass is 9.99. The smallest absolute Gasteiger partial charge is 0.194 e. The van der Waals surface area contributed by atoms with Crippen molar-refractivity contribution >= 4 is 33.8 Å². The highest BCUT2D eigenvalue weighted by molar-refractivity contribution is 7.11. The number of halogens is 1. The van der Waals surface area contributed by atoms with Gasteiger partial charge in [-0.05, 0) is 38.1 Å². The van der Waals surface area contributed by atoms with Crippen molar-refractivity contribution in [3.63, 3.8) is 0 Å². The van der Waals surface area contributed by atoms with Crippen LogP contribution in [0.4, 0.5) is 10.2 Å². The third kappa shape index (κ3) is 3.01. The zero-order chi connectivity index (χ0) is 20.3. The maximum Gasteiger partial charge on any atom is 0.194 e. The van der Waals surface area contributed by atoms with Crippen LogP contribution in [0.1, 0.15) is 35.2 Å². The number of hydrogen-bond acceptors (Lipinski definition) is 8. The molecule has 0 saturated carbocycles. The molecule has 1 aromatic carbocycles. The third-order valence-electron chi connectivity index (χ3n) is 5.15. The zero-order valence-corrected chi connectivity index (χ0v) is 16.5. The molecule has 4 atom stereocenters. The molecule has 0 amide bonds. The largest absolute Gasteiger partial charge is 0.383 e. The summed E-state index contributed by atoms with van der Waals surface area (Å²) in [5.41, 5.74) is 6.98. The summed E-state index contributed by atoms with van der Waals surface area (Å²) >= 11 is 1.43. The second-order valence-electron chi connectivity index (χ2n) is 7.53. The second kappa shape index (κ2) is 6.53. The first-order valence-corrected chi connectivity index (χ1v) is 10.0. The van der Waals surface area contributed by atoms with E-state index in [0.29, 0.717) is 16.9 Å². The van der Waals surface area contributed by atoms with Gasteiger partial charge in [-0.25, -0.2) is 14.4 Å². The molecule has 2 aliphatic rings. The quantitative estimate of drug-likeness (QED) is 0.656. The summed E-state index contributed by atoms with van der Waals surface area (Å²) in [5, 5.41) is 2.60.